The van der Waals surface area contributed by atoms with Gasteiger partial charge in [0, 0.05) is 32.8 Å². The van der Waals surface area contributed by atoms with Crippen LogP contribution in [0.4, 0.5) is 0 Å². The number of halogens is 1. The zero-order valence-corrected chi connectivity index (χ0v) is 17.2. The van der Waals surface area contributed by atoms with E-state index >= 15 is 0 Å². The second kappa shape index (κ2) is 9.95. The van der Waals surface area contributed by atoms with Gasteiger partial charge >= 0.3 is 0 Å². The third kappa shape index (κ3) is 5.07. The summed E-state index contributed by atoms with van der Waals surface area (Å²) in [6.07, 6.45) is 2.73. The molecular formula is C18H23IN6O. The van der Waals surface area contributed by atoms with Gasteiger partial charge in [-0.2, -0.15) is 0 Å². The van der Waals surface area contributed by atoms with Crippen LogP contribution in [-0.2, 0) is 13.0 Å². The monoisotopic (exact) mass is 466 g/mol. The molecule has 0 bridgehead atoms. The maximum absolute atomic E-state index is 5.17. The van der Waals surface area contributed by atoms with Crippen LogP contribution < -0.4 is 15.4 Å². The summed E-state index contributed by atoms with van der Waals surface area (Å²) in [6, 6.07) is 13.8. The summed E-state index contributed by atoms with van der Waals surface area (Å²) in [7, 11) is 3.42. The summed E-state index contributed by atoms with van der Waals surface area (Å²) in [5.41, 5.74) is 2.02. The van der Waals surface area contributed by atoms with E-state index in [0.29, 0.717) is 6.54 Å². The molecule has 0 aliphatic carbocycles. The van der Waals surface area contributed by atoms with Crippen LogP contribution in [0, 0.1) is 0 Å². The molecule has 0 aliphatic rings. The number of pyridine rings is 1. The number of benzene rings is 1. The van der Waals surface area contributed by atoms with Crippen LogP contribution >= 0.6 is 24.0 Å². The molecule has 0 aliphatic heterocycles. The quantitative estimate of drug-likeness (QED) is 0.331. The highest BCUT2D eigenvalue weighted by atomic mass is 127. The lowest BCUT2D eigenvalue weighted by Gasteiger charge is -2.12. The molecule has 0 atom stereocenters. The molecule has 1 aromatic carbocycles. The molecule has 3 rings (SSSR count). The van der Waals surface area contributed by atoms with Gasteiger partial charge in [0.15, 0.2) is 11.6 Å². The minimum Gasteiger partial charge on any atom is -0.497 e. The summed E-state index contributed by atoms with van der Waals surface area (Å²) >= 11 is 0. The number of rotatable bonds is 6. The first-order valence-electron chi connectivity index (χ1n) is 8.16. The maximum atomic E-state index is 5.17. The van der Waals surface area contributed by atoms with Crippen molar-refractivity contribution in [2.45, 2.75) is 13.0 Å². The number of ether oxygens (including phenoxy) is 1. The Morgan fingerprint density at radius 3 is 2.65 bits per heavy atom. The molecule has 7 nitrogen and oxygen atoms in total. The highest BCUT2D eigenvalue weighted by molar-refractivity contribution is 14.0. The third-order valence-corrected chi connectivity index (χ3v) is 3.87. The molecule has 0 spiro atoms. The van der Waals surface area contributed by atoms with Crippen LogP contribution in [0.15, 0.2) is 53.7 Å². The molecule has 8 heteroatoms. The van der Waals surface area contributed by atoms with Crippen molar-refractivity contribution >= 4 is 35.6 Å². The lowest BCUT2D eigenvalue weighted by atomic mass is 10.2. The first-order valence-corrected chi connectivity index (χ1v) is 8.16. The molecule has 0 fully saturated rings. The van der Waals surface area contributed by atoms with E-state index in [0.717, 1.165) is 41.7 Å². The zero-order chi connectivity index (χ0) is 17.5. The van der Waals surface area contributed by atoms with Crippen LogP contribution in [0.2, 0.25) is 0 Å². The van der Waals surface area contributed by atoms with E-state index in [4.69, 9.17) is 4.74 Å². The van der Waals surface area contributed by atoms with Crippen molar-refractivity contribution < 1.29 is 4.74 Å². The topological polar surface area (TPSA) is 75.8 Å². The number of methoxy groups -OCH3 is 1. The molecule has 2 heterocycles. The fourth-order valence-electron chi connectivity index (χ4n) is 2.50. The van der Waals surface area contributed by atoms with Gasteiger partial charge in [-0.05, 0) is 29.8 Å². The molecule has 2 N–H and O–H groups in total. The number of aliphatic imine (C=N–C) groups is 1. The summed E-state index contributed by atoms with van der Waals surface area (Å²) < 4.78 is 7.16. The normalized spacial score (nSPS) is 11.1. The number of hydrogen-bond acceptors (Lipinski definition) is 4. The molecule has 0 saturated heterocycles. The molecule has 138 valence electrons. The van der Waals surface area contributed by atoms with Gasteiger partial charge in [0.1, 0.15) is 11.6 Å². The number of nitrogens with zero attached hydrogens (tertiary/aromatic N) is 4. The number of nitrogens with one attached hydrogen (secondary N) is 2. The summed E-state index contributed by atoms with van der Waals surface area (Å²) in [5, 5.41) is 15.0. The van der Waals surface area contributed by atoms with Gasteiger partial charge in [-0.3, -0.25) is 9.39 Å². The van der Waals surface area contributed by atoms with Gasteiger partial charge in [-0.15, -0.1) is 34.2 Å². The predicted octanol–water partition coefficient (Wildman–Crippen LogP) is 2.26. The van der Waals surface area contributed by atoms with Crippen molar-refractivity contribution in [3.8, 4) is 5.75 Å². The van der Waals surface area contributed by atoms with Crippen LogP contribution in [0.3, 0.4) is 0 Å². The average Bonchev–Trinajstić information content (AvgIpc) is 3.08. The SMILES string of the molecule is CN=C(NCCc1nnc2ccccn12)NCc1ccc(OC)cc1.I. The van der Waals surface area contributed by atoms with Gasteiger partial charge in [0.25, 0.3) is 0 Å². The Hall–Kier alpha value is -2.36. The molecular weight excluding hydrogens is 443 g/mol. The Balaban J connectivity index is 0.00000243. The van der Waals surface area contributed by atoms with Crippen LogP contribution in [0.1, 0.15) is 11.4 Å². The summed E-state index contributed by atoms with van der Waals surface area (Å²) in [5.74, 6) is 2.53. The smallest absolute Gasteiger partial charge is 0.191 e. The number of fused-ring (bicyclic) bond motifs is 1. The predicted molar refractivity (Wildman–Crippen MR) is 113 cm³/mol. The minimum absolute atomic E-state index is 0. The van der Waals surface area contributed by atoms with Crippen LogP contribution in [0.5, 0.6) is 5.75 Å². The van der Waals surface area contributed by atoms with Crippen molar-refractivity contribution in [1.82, 2.24) is 25.2 Å². The Morgan fingerprint density at radius 1 is 1.12 bits per heavy atom. The van der Waals surface area contributed by atoms with Gasteiger partial charge in [0.2, 0.25) is 0 Å². The number of aromatic nitrogens is 3. The third-order valence-electron chi connectivity index (χ3n) is 3.87. The van der Waals surface area contributed by atoms with E-state index in [1.165, 1.54) is 0 Å². The first-order chi connectivity index (χ1) is 12.3. The van der Waals surface area contributed by atoms with E-state index in [1.807, 2.05) is 53.1 Å². The summed E-state index contributed by atoms with van der Waals surface area (Å²) in [6.45, 7) is 1.41. The van der Waals surface area contributed by atoms with Crippen molar-refractivity contribution in [3.05, 3.63) is 60.0 Å². The Labute approximate surface area is 169 Å². The molecule has 0 unspecified atom stereocenters. The van der Waals surface area contributed by atoms with Gasteiger partial charge in [-0.25, -0.2) is 0 Å². The molecule has 3 aromatic rings. The van der Waals surface area contributed by atoms with Gasteiger partial charge < -0.3 is 15.4 Å². The van der Waals surface area contributed by atoms with E-state index in [2.05, 4.69) is 25.8 Å². The Morgan fingerprint density at radius 2 is 1.92 bits per heavy atom. The average molecular weight is 466 g/mol. The van der Waals surface area contributed by atoms with Crippen LogP contribution in [0.25, 0.3) is 5.65 Å². The van der Waals surface area contributed by atoms with Crippen molar-refractivity contribution in [2.75, 3.05) is 20.7 Å². The lowest BCUT2D eigenvalue weighted by molar-refractivity contribution is 0.414. The van der Waals surface area contributed by atoms with Crippen LogP contribution in [-0.4, -0.2) is 41.3 Å². The van der Waals surface area contributed by atoms with Gasteiger partial charge in [-0.1, -0.05) is 18.2 Å². The molecule has 0 radical (unpaired) electrons. The fraction of sp³-hybridized carbons (Fsp3) is 0.278. The first kappa shape index (κ1) is 20.0. The number of guanidine groups is 1. The van der Waals surface area contributed by atoms with E-state index in [9.17, 15) is 0 Å². The standard InChI is InChI=1S/C18H22N6O.HI/c1-19-18(21-13-14-6-8-15(25-2)9-7-14)20-11-10-17-23-22-16-5-3-4-12-24(16)17;/h3-9,12H,10-11,13H2,1-2H3,(H2,19,20,21);1H. The highest BCUT2D eigenvalue weighted by Gasteiger charge is 2.05. The lowest BCUT2D eigenvalue weighted by Crippen LogP contribution is -2.38. The largest absolute Gasteiger partial charge is 0.497 e. The van der Waals surface area contributed by atoms with E-state index < -0.39 is 0 Å². The fourth-order valence-corrected chi connectivity index (χ4v) is 2.50. The van der Waals surface area contributed by atoms with Crippen molar-refractivity contribution in [1.29, 1.82) is 0 Å². The Kier molecular flexibility index (Phi) is 7.64. The number of hydrogen-bond donors (Lipinski definition) is 2. The van der Waals surface area contributed by atoms with E-state index in [1.54, 1.807) is 14.2 Å². The second-order valence-electron chi connectivity index (χ2n) is 5.50. The summed E-state index contributed by atoms with van der Waals surface area (Å²) in [4.78, 5) is 4.24. The molecule has 0 amide bonds. The Bertz CT molecular complexity index is 846. The second-order valence-corrected chi connectivity index (χ2v) is 5.50. The highest BCUT2D eigenvalue weighted by Crippen LogP contribution is 2.10. The minimum atomic E-state index is 0. The van der Waals surface area contributed by atoms with Crippen molar-refractivity contribution in [2.24, 2.45) is 4.99 Å². The maximum Gasteiger partial charge on any atom is 0.191 e. The van der Waals surface area contributed by atoms with Gasteiger partial charge in [0.05, 0.1) is 7.11 Å². The zero-order valence-electron chi connectivity index (χ0n) is 14.8. The van der Waals surface area contributed by atoms with E-state index in [-0.39, 0.29) is 24.0 Å². The van der Waals surface area contributed by atoms with Crippen molar-refractivity contribution in [3.63, 3.8) is 0 Å². The molecule has 26 heavy (non-hydrogen) atoms. The molecule has 2 aromatic heterocycles. The molecule has 0 saturated carbocycles.